The fraction of sp³-hybridized carbons (Fsp3) is 0.462. The monoisotopic (exact) mass is 488 g/mol. The highest BCUT2D eigenvalue weighted by Gasteiger charge is 2.36. The highest BCUT2D eigenvalue weighted by atomic mass is 16.6. The van der Waals surface area contributed by atoms with E-state index in [2.05, 4.69) is 25.3 Å². The third-order valence-corrected chi connectivity index (χ3v) is 7.73. The Bertz CT molecular complexity index is 1220. The second-order valence-electron chi connectivity index (χ2n) is 9.93. The number of benzene rings is 2. The molecule has 0 saturated carbocycles. The molecule has 4 heterocycles. The Kier molecular flexibility index (Phi) is 6.39. The highest BCUT2D eigenvalue weighted by molar-refractivity contribution is 5.90. The molecule has 6 rings (SSSR count). The average Bonchev–Trinajstić information content (AvgIpc) is 2.83. The van der Waals surface area contributed by atoms with Crippen molar-refractivity contribution in [1.29, 1.82) is 0 Å². The maximum Gasteiger partial charge on any atom is 0.269 e. The first-order valence-corrected chi connectivity index (χ1v) is 12.8. The number of piperazine rings is 1. The second-order valence-corrected chi connectivity index (χ2v) is 9.93. The molecule has 0 radical (unpaired) electrons. The molecule has 3 saturated heterocycles. The minimum Gasteiger partial charge on any atom is -0.369 e. The number of fused-ring (bicyclic) bond motifs is 1. The summed E-state index contributed by atoms with van der Waals surface area (Å²) < 4.78 is 0. The van der Waals surface area contributed by atoms with Crippen molar-refractivity contribution in [3.63, 3.8) is 0 Å². The number of hydrogen-bond acceptors (Lipinski definition) is 9. The van der Waals surface area contributed by atoms with E-state index in [-0.39, 0.29) is 10.6 Å². The molecule has 0 aliphatic carbocycles. The first-order chi connectivity index (χ1) is 17.6. The van der Waals surface area contributed by atoms with Gasteiger partial charge in [-0.05, 0) is 24.1 Å². The van der Waals surface area contributed by atoms with Gasteiger partial charge in [0.15, 0.2) is 0 Å². The minimum absolute atomic E-state index is 0.114. The minimum atomic E-state index is -0.371. The van der Waals surface area contributed by atoms with Gasteiger partial charge in [-0.25, -0.2) is 4.98 Å². The Labute approximate surface area is 210 Å². The zero-order valence-electron chi connectivity index (χ0n) is 20.3. The summed E-state index contributed by atoms with van der Waals surface area (Å²) in [6.45, 7) is 9.50. The first-order valence-electron chi connectivity index (χ1n) is 12.8. The van der Waals surface area contributed by atoms with Crippen molar-refractivity contribution in [3.05, 3.63) is 64.2 Å². The van der Waals surface area contributed by atoms with Gasteiger partial charge in [0.05, 0.1) is 10.4 Å². The number of nitro groups is 1. The van der Waals surface area contributed by atoms with Gasteiger partial charge in [0.25, 0.3) is 5.69 Å². The predicted octanol–water partition coefficient (Wildman–Crippen LogP) is 1.97. The fourth-order valence-corrected chi connectivity index (χ4v) is 5.30. The van der Waals surface area contributed by atoms with Crippen molar-refractivity contribution in [3.8, 4) is 0 Å². The van der Waals surface area contributed by atoms with Gasteiger partial charge in [0, 0.05) is 88.5 Å². The van der Waals surface area contributed by atoms with Crippen molar-refractivity contribution >= 4 is 28.4 Å². The van der Waals surface area contributed by atoms with Crippen LogP contribution in [0.3, 0.4) is 0 Å². The molecule has 3 aliphatic rings. The van der Waals surface area contributed by atoms with E-state index in [0.717, 1.165) is 93.1 Å². The summed E-state index contributed by atoms with van der Waals surface area (Å²) in [5, 5.41) is 18.7. The molecule has 188 valence electrons. The van der Waals surface area contributed by atoms with Crippen LogP contribution in [0.5, 0.6) is 0 Å². The van der Waals surface area contributed by atoms with E-state index < -0.39 is 0 Å². The Balaban J connectivity index is 1.08. The maximum atomic E-state index is 10.9. The molecule has 3 fully saturated rings. The third kappa shape index (κ3) is 4.71. The molecule has 0 unspecified atom stereocenters. The Morgan fingerprint density at radius 1 is 0.944 bits per heavy atom. The quantitative estimate of drug-likeness (QED) is 0.364. The predicted molar refractivity (Wildman–Crippen MR) is 141 cm³/mol. The molecule has 0 atom stereocenters. The Hall–Kier alpha value is -3.34. The lowest BCUT2D eigenvalue weighted by Crippen LogP contribution is -2.66. The van der Waals surface area contributed by atoms with E-state index in [1.165, 1.54) is 0 Å². The van der Waals surface area contributed by atoms with Crippen molar-refractivity contribution < 1.29 is 4.92 Å². The van der Waals surface area contributed by atoms with Crippen LogP contribution in [0.25, 0.3) is 10.9 Å². The van der Waals surface area contributed by atoms with Crippen LogP contribution < -0.4 is 15.5 Å². The van der Waals surface area contributed by atoms with E-state index in [1.807, 2.05) is 36.4 Å². The summed E-state index contributed by atoms with van der Waals surface area (Å²) in [7, 11) is 0. The molecular formula is C26H32N8O2. The van der Waals surface area contributed by atoms with Gasteiger partial charge in [-0.15, -0.1) is 0 Å². The molecule has 0 bridgehead atoms. The third-order valence-electron chi connectivity index (χ3n) is 7.73. The summed E-state index contributed by atoms with van der Waals surface area (Å²) in [6.07, 6.45) is 0.750. The van der Waals surface area contributed by atoms with Gasteiger partial charge in [-0.3, -0.25) is 19.9 Å². The molecule has 2 aromatic carbocycles. The van der Waals surface area contributed by atoms with E-state index in [1.54, 1.807) is 12.1 Å². The maximum absolute atomic E-state index is 10.9. The van der Waals surface area contributed by atoms with Crippen LogP contribution in [0.2, 0.25) is 0 Å². The summed E-state index contributed by atoms with van der Waals surface area (Å²) in [5.74, 6) is 1.62. The zero-order valence-corrected chi connectivity index (χ0v) is 20.3. The van der Waals surface area contributed by atoms with Gasteiger partial charge in [0.1, 0.15) is 5.82 Å². The van der Waals surface area contributed by atoms with Crippen molar-refractivity contribution in [2.24, 2.45) is 0 Å². The van der Waals surface area contributed by atoms with Gasteiger partial charge < -0.3 is 15.5 Å². The molecule has 0 amide bonds. The van der Waals surface area contributed by atoms with Crippen LogP contribution in [0, 0.1) is 10.1 Å². The molecule has 2 N–H and O–H groups in total. The SMILES string of the molecule is O=[N+]([O-])c1ccc(CCNc2nc(N3CC(N4CCN(C5CNC5)CC4)C3)nc3ccccc23)cc1. The molecule has 3 aromatic rings. The van der Waals surface area contributed by atoms with Gasteiger partial charge in [0.2, 0.25) is 5.95 Å². The number of hydrogen-bond donors (Lipinski definition) is 2. The van der Waals surface area contributed by atoms with Crippen LogP contribution in [-0.4, -0.2) is 95.7 Å². The van der Waals surface area contributed by atoms with E-state index in [0.29, 0.717) is 12.6 Å². The lowest BCUT2D eigenvalue weighted by atomic mass is 10.0. The van der Waals surface area contributed by atoms with Crippen LogP contribution in [0.4, 0.5) is 17.5 Å². The van der Waals surface area contributed by atoms with Crippen molar-refractivity contribution in [2.75, 3.05) is 69.1 Å². The van der Waals surface area contributed by atoms with Crippen LogP contribution >= 0.6 is 0 Å². The topological polar surface area (TPSA) is 103 Å². The van der Waals surface area contributed by atoms with E-state index in [4.69, 9.17) is 9.97 Å². The summed E-state index contributed by atoms with van der Waals surface area (Å²) >= 11 is 0. The molecule has 10 nitrogen and oxygen atoms in total. The van der Waals surface area contributed by atoms with E-state index in [9.17, 15) is 10.1 Å². The van der Waals surface area contributed by atoms with Crippen molar-refractivity contribution in [1.82, 2.24) is 25.1 Å². The molecule has 10 heteroatoms. The smallest absolute Gasteiger partial charge is 0.269 e. The lowest BCUT2D eigenvalue weighted by molar-refractivity contribution is -0.384. The highest BCUT2D eigenvalue weighted by Crippen LogP contribution is 2.28. The standard InChI is InChI=1S/C26H32N8O2/c35-34(36)20-7-5-19(6-8-20)9-10-28-25-23-3-1-2-4-24(23)29-26(30-25)33-17-22(18-33)32-13-11-31(12-14-32)21-15-27-16-21/h1-8,21-22,27H,9-18H2,(H,28,29,30). The molecular weight excluding hydrogens is 456 g/mol. The van der Waals surface area contributed by atoms with Crippen molar-refractivity contribution in [2.45, 2.75) is 18.5 Å². The fourth-order valence-electron chi connectivity index (χ4n) is 5.30. The van der Waals surface area contributed by atoms with Gasteiger partial charge in [-0.2, -0.15) is 4.98 Å². The van der Waals surface area contributed by atoms with Gasteiger partial charge >= 0.3 is 0 Å². The number of nitrogens with zero attached hydrogens (tertiary/aromatic N) is 6. The summed E-state index contributed by atoms with van der Waals surface area (Å²) in [4.78, 5) is 27.8. The first kappa shape index (κ1) is 23.1. The number of nitro benzene ring substituents is 1. The lowest BCUT2D eigenvalue weighted by Gasteiger charge is -2.50. The molecule has 0 spiro atoms. The average molecular weight is 489 g/mol. The van der Waals surface area contributed by atoms with Crippen LogP contribution in [-0.2, 0) is 6.42 Å². The zero-order chi connectivity index (χ0) is 24.5. The summed E-state index contributed by atoms with van der Waals surface area (Å²) in [6, 6.07) is 16.1. The summed E-state index contributed by atoms with van der Waals surface area (Å²) in [5.41, 5.74) is 2.10. The number of non-ortho nitro benzene ring substituents is 1. The normalized spacial score (nSPS) is 19.7. The van der Waals surface area contributed by atoms with Gasteiger partial charge in [-0.1, -0.05) is 24.3 Å². The molecule has 3 aliphatic heterocycles. The molecule has 36 heavy (non-hydrogen) atoms. The van der Waals surface area contributed by atoms with Crippen LogP contribution in [0.1, 0.15) is 5.56 Å². The largest absolute Gasteiger partial charge is 0.369 e. The number of aromatic nitrogens is 2. The van der Waals surface area contributed by atoms with Crippen LogP contribution in [0.15, 0.2) is 48.5 Å². The Morgan fingerprint density at radius 2 is 1.64 bits per heavy atom. The Morgan fingerprint density at radius 3 is 2.31 bits per heavy atom. The number of nitrogens with one attached hydrogen (secondary N) is 2. The second kappa shape index (κ2) is 9.96. The number of para-hydroxylation sites is 1. The molecule has 1 aromatic heterocycles. The number of anilines is 2. The van der Waals surface area contributed by atoms with E-state index >= 15 is 0 Å². The number of rotatable bonds is 8.